The lowest BCUT2D eigenvalue weighted by molar-refractivity contribution is -0.514. The molecule has 3 heterocycles. The number of H-pyrrole nitrogens is 1. The van der Waals surface area contributed by atoms with Crippen molar-refractivity contribution in [2.75, 3.05) is 6.61 Å². The van der Waals surface area contributed by atoms with Gasteiger partial charge in [0.2, 0.25) is 5.15 Å². The van der Waals surface area contributed by atoms with Crippen molar-refractivity contribution in [2.45, 2.75) is 12.1 Å². The van der Waals surface area contributed by atoms with Crippen LogP contribution >= 0.6 is 11.6 Å². The maximum Gasteiger partial charge on any atom is 0.352 e. The molecule has 0 saturated carbocycles. The average molecular weight is 345 g/mol. The molecule has 7 heteroatoms. The van der Waals surface area contributed by atoms with Gasteiger partial charge >= 0.3 is 11.7 Å². The van der Waals surface area contributed by atoms with Crippen LogP contribution in [-0.2, 0) is 0 Å². The van der Waals surface area contributed by atoms with Crippen molar-refractivity contribution in [2.24, 2.45) is 0 Å². The third-order valence-electron chi connectivity index (χ3n) is 4.10. The summed E-state index contributed by atoms with van der Waals surface area (Å²) < 4.78 is 7.17. The minimum Gasteiger partial charge on any atom is -0.490 e. The molecule has 3 aromatic rings. The number of ether oxygens (including phenoxy) is 1. The van der Waals surface area contributed by atoms with Crippen LogP contribution in [0.4, 0.5) is 0 Å². The van der Waals surface area contributed by atoms with E-state index in [1.54, 1.807) is 10.6 Å². The Kier molecular flexibility index (Phi) is 3.63. The smallest absolute Gasteiger partial charge is 0.352 e. The Morgan fingerprint density at radius 3 is 2.96 bits per heavy atom. The van der Waals surface area contributed by atoms with E-state index in [1.165, 1.54) is 0 Å². The first-order valence-corrected chi connectivity index (χ1v) is 7.91. The summed E-state index contributed by atoms with van der Waals surface area (Å²) in [6, 6.07) is 12.3. The van der Waals surface area contributed by atoms with Crippen LogP contribution in [-0.4, -0.2) is 28.7 Å². The van der Waals surface area contributed by atoms with Crippen LogP contribution in [0.15, 0.2) is 48.7 Å². The number of carbonyl (C=O) groups excluding carboxylic acids is 1. The van der Waals surface area contributed by atoms with E-state index in [0.717, 1.165) is 5.56 Å². The molecule has 0 bridgehead atoms. The van der Waals surface area contributed by atoms with Gasteiger partial charge in [0, 0.05) is 5.56 Å². The van der Waals surface area contributed by atoms with Gasteiger partial charge in [-0.15, -0.1) is 0 Å². The number of hydrogen-bond acceptors (Lipinski definition) is 3. The molecule has 1 aliphatic rings. The number of hydrogen-bond donors (Lipinski definition) is 3. The number of aliphatic hydroxyl groups excluding tert-OH is 1. The van der Waals surface area contributed by atoms with Crippen molar-refractivity contribution in [3.8, 4) is 5.75 Å². The van der Waals surface area contributed by atoms with Crippen molar-refractivity contribution in [3.05, 3.63) is 65.2 Å². The van der Waals surface area contributed by atoms with Crippen LogP contribution in [0, 0.1) is 0 Å². The van der Waals surface area contributed by atoms with E-state index in [2.05, 4.69) is 10.3 Å². The monoisotopic (exact) mass is 344 g/mol. The molecular weight excluding hydrogens is 330 g/mol. The summed E-state index contributed by atoms with van der Waals surface area (Å²) in [6.07, 6.45) is 0.923. The number of halogens is 1. The fourth-order valence-corrected chi connectivity index (χ4v) is 3.19. The number of pyridine rings is 1. The van der Waals surface area contributed by atoms with Crippen LogP contribution in [0.3, 0.4) is 0 Å². The number of para-hydroxylation sites is 1. The molecular formula is C17H15ClN3O3+. The number of aromatic amines is 1. The molecule has 24 heavy (non-hydrogen) atoms. The molecule has 1 aliphatic heterocycles. The highest BCUT2D eigenvalue weighted by Crippen LogP contribution is 2.32. The maximum atomic E-state index is 12.7. The van der Waals surface area contributed by atoms with E-state index < -0.39 is 12.1 Å². The van der Waals surface area contributed by atoms with Gasteiger partial charge in [-0.05, 0) is 29.8 Å². The Hall–Kier alpha value is -2.57. The molecule has 122 valence electrons. The quantitative estimate of drug-likeness (QED) is 0.618. The Balaban J connectivity index is 1.69. The Morgan fingerprint density at radius 2 is 2.08 bits per heavy atom. The third kappa shape index (κ3) is 2.40. The number of fused-ring (bicyclic) bond motifs is 2. The Bertz CT molecular complexity index is 924. The normalized spacial score (nSPS) is 19.6. The summed E-state index contributed by atoms with van der Waals surface area (Å²) in [5.74, 6) is 0.603. The molecule has 0 aliphatic carbocycles. The zero-order valence-electron chi connectivity index (χ0n) is 12.6. The van der Waals surface area contributed by atoms with Crippen LogP contribution < -0.4 is 14.5 Å². The number of aromatic nitrogens is 2. The molecule has 0 radical (unpaired) electrons. The maximum absolute atomic E-state index is 12.7. The van der Waals surface area contributed by atoms with E-state index >= 15 is 0 Å². The lowest BCUT2D eigenvalue weighted by atomic mass is 9.98. The third-order valence-corrected chi connectivity index (χ3v) is 4.39. The van der Waals surface area contributed by atoms with Crippen LogP contribution in [0.1, 0.15) is 22.2 Å². The van der Waals surface area contributed by atoms with Crippen LogP contribution in [0.2, 0.25) is 5.15 Å². The molecule has 0 fully saturated rings. The number of nitrogens with zero attached hydrogens (tertiary/aromatic N) is 1. The fraction of sp³-hybridized carbons (Fsp3) is 0.176. The summed E-state index contributed by atoms with van der Waals surface area (Å²) in [7, 11) is 0. The SMILES string of the molecule is O=C(N[C@H]1c2ccccc2OC[C@H]1O)c1[nH]c(Cl)c2cccc[n+]12. The molecule has 0 unspecified atom stereocenters. The fourth-order valence-electron chi connectivity index (χ4n) is 2.94. The van der Waals surface area contributed by atoms with E-state index in [0.29, 0.717) is 22.2 Å². The molecule has 0 saturated heterocycles. The lowest BCUT2D eigenvalue weighted by Crippen LogP contribution is -2.44. The summed E-state index contributed by atoms with van der Waals surface area (Å²) in [5.41, 5.74) is 1.45. The zero-order chi connectivity index (χ0) is 16.7. The highest BCUT2D eigenvalue weighted by atomic mass is 35.5. The second-order valence-electron chi connectivity index (χ2n) is 5.61. The highest BCUT2D eigenvalue weighted by molar-refractivity contribution is 6.32. The predicted octanol–water partition coefficient (Wildman–Crippen LogP) is 1.63. The standard InChI is InChI=1S/C17H14ClN3O3/c18-15-11-6-3-4-8-21(11)16(20-15)17(23)19-14-10-5-1-2-7-13(10)24-9-12(14)22/h1-8,12,14,22H,9H2,(H,19,23)/p+1/t12-,14+/m1/s1. The van der Waals surface area contributed by atoms with Gasteiger partial charge in [0.25, 0.3) is 0 Å². The highest BCUT2D eigenvalue weighted by Gasteiger charge is 2.33. The Morgan fingerprint density at radius 1 is 1.29 bits per heavy atom. The number of benzene rings is 1. The van der Waals surface area contributed by atoms with Crippen molar-refractivity contribution in [3.63, 3.8) is 0 Å². The second-order valence-corrected chi connectivity index (χ2v) is 5.99. The number of rotatable bonds is 2. The summed E-state index contributed by atoms with van der Waals surface area (Å²) in [6.45, 7) is 0.126. The molecule has 3 N–H and O–H groups in total. The van der Waals surface area contributed by atoms with Gasteiger partial charge in [-0.1, -0.05) is 24.3 Å². The molecule has 2 atom stereocenters. The number of imidazole rings is 1. The van der Waals surface area contributed by atoms with E-state index in [1.807, 2.05) is 42.5 Å². The predicted molar refractivity (Wildman–Crippen MR) is 87.1 cm³/mol. The summed E-state index contributed by atoms with van der Waals surface area (Å²) in [5, 5.41) is 13.5. The largest absolute Gasteiger partial charge is 0.490 e. The summed E-state index contributed by atoms with van der Waals surface area (Å²) >= 11 is 6.15. The molecule has 4 rings (SSSR count). The first-order valence-electron chi connectivity index (χ1n) is 7.53. The van der Waals surface area contributed by atoms with Gasteiger partial charge in [-0.3, -0.25) is 4.79 Å². The van der Waals surface area contributed by atoms with Gasteiger partial charge < -0.3 is 15.2 Å². The molecule has 2 aromatic heterocycles. The lowest BCUT2D eigenvalue weighted by Gasteiger charge is -2.30. The summed E-state index contributed by atoms with van der Waals surface area (Å²) in [4.78, 5) is 15.6. The first kappa shape index (κ1) is 15.0. The number of nitrogens with one attached hydrogen (secondary N) is 2. The number of amides is 1. The van der Waals surface area contributed by atoms with Gasteiger partial charge in [0.05, 0.1) is 12.2 Å². The molecule has 1 amide bonds. The number of carbonyl (C=O) groups is 1. The van der Waals surface area contributed by atoms with Crippen molar-refractivity contribution >= 4 is 23.0 Å². The molecule has 6 nitrogen and oxygen atoms in total. The van der Waals surface area contributed by atoms with Crippen molar-refractivity contribution in [1.29, 1.82) is 0 Å². The topological polar surface area (TPSA) is 78.4 Å². The van der Waals surface area contributed by atoms with E-state index in [4.69, 9.17) is 16.3 Å². The van der Waals surface area contributed by atoms with E-state index in [-0.39, 0.29) is 12.5 Å². The van der Waals surface area contributed by atoms with Crippen LogP contribution in [0.5, 0.6) is 5.75 Å². The minimum atomic E-state index is -0.828. The van der Waals surface area contributed by atoms with Crippen LogP contribution in [0.25, 0.3) is 5.52 Å². The number of aliphatic hydroxyl groups is 1. The minimum absolute atomic E-state index is 0.126. The second kappa shape index (κ2) is 5.81. The van der Waals surface area contributed by atoms with Gasteiger partial charge in [-0.2, -0.15) is 4.40 Å². The molecule has 1 aromatic carbocycles. The van der Waals surface area contributed by atoms with Crippen molar-refractivity contribution in [1.82, 2.24) is 10.3 Å². The average Bonchev–Trinajstić information content (AvgIpc) is 2.95. The zero-order valence-corrected chi connectivity index (χ0v) is 13.3. The van der Waals surface area contributed by atoms with Gasteiger partial charge in [-0.25, -0.2) is 4.98 Å². The Labute approximate surface area is 142 Å². The van der Waals surface area contributed by atoms with Crippen molar-refractivity contribution < 1.29 is 19.0 Å². The van der Waals surface area contributed by atoms with E-state index in [9.17, 15) is 9.90 Å². The molecule has 0 spiro atoms. The van der Waals surface area contributed by atoms with Gasteiger partial charge in [0.1, 0.15) is 18.5 Å². The van der Waals surface area contributed by atoms with Gasteiger partial charge in [0.15, 0.2) is 5.52 Å². The first-order chi connectivity index (χ1) is 11.6.